The van der Waals surface area contributed by atoms with Crippen LogP contribution in [0.4, 0.5) is 11.5 Å². The number of hydrogen-bond donors (Lipinski definition) is 1. The molecule has 1 aliphatic rings. The molecule has 6 heteroatoms. The largest absolute Gasteiger partial charge is 0.366 e. The Morgan fingerprint density at radius 1 is 1.35 bits per heavy atom. The second kappa shape index (κ2) is 6.08. The van der Waals surface area contributed by atoms with Crippen molar-refractivity contribution in [1.82, 2.24) is 4.98 Å². The van der Waals surface area contributed by atoms with E-state index in [0.717, 1.165) is 12.8 Å². The van der Waals surface area contributed by atoms with Crippen molar-refractivity contribution in [2.24, 2.45) is 11.8 Å². The van der Waals surface area contributed by atoms with Gasteiger partial charge in [-0.25, -0.2) is 4.98 Å². The molecule has 1 saturated carbocycles. The molecule has 5 nitrogen and oxygen atoms in total. The molecule has 20 heavy (non-hydrogen) atoms. The van der Waals surface area contributed by atoms with Crippen LogP contribution >= 0.6 is 15.9 Å². The second-order valence-corrected chi connectivity index (χ2v) is 6.74. The number of anilines is 1. The number of nitrogens with one attached hydrogen (secondary N) is 1. The van der Waals surface area contributed by atoms with Crippen molar-refractivity contribution >= 4 is 27.4 Å². The number of aromatic nitrogens is 1. The Labute approximate surface area is 127 Å². The summed E-state index contributed by atoms with van der Waals surface area (Å²) in [4.78, 5) is 14.7. The molecule has 1 aliphatic carbocycles. The van der Waals surface area contributed by atoms with Crippen LogP contribution in [-0.4, -0.2) is 15.9 Å². The molecule has 0 radical (unpaired) electrons. The molecule has 110 valence electrons. The van der Waals surface area contributed by atoms with Gasteiger partial charge in [0.2, 0.25) is 0 Å². The lowest BCUT2D eigenvalue weighted by molar-refractivity contribution is -0.385. The van der Waals surface area contributed by atoms with Crippen LogP contribution in [0.2, 0.25) is 0 Å². The summed E-state index contributed by atoms with van der Waals surface area (Å²) in [6, 6.07) is 0.387. The van der Waals surface area contributed by atoms with E-state index in [1.807, 2.05) is 0 Å². The van der Waals surface area contributed by atoms with E-state index in [2.05, 4.69) is 40.1 Å². The minimum Gasteiger partial charge on any atom is -0.366 e. The van der Waals surface area contributed by atoms with Gasteiger partial charge in [0.15, 0.2) is 0 Å². The lowest BCUT2D eigenvalue weighted by Crippen LogP contribution is -2.30. The van der Waals surface area contributed by atoms with Gasteiger partial charge in [0.05, 0.1) is 9.40 Å². The Bertz CT molecular complexity index is 511. The molecule has 0 aliphatic heterocycles. The first-order valence-corrected chi connectivity index (χ1v) is 7.73. The van der Waals surface area contributed by atoms with Gasteiger partial charge < -0.3 is 5.32 Å². The summed E-state index contributed by atoms with van der Waals surface area (Å²) in [5.74, 6) is 2.11. The molecule has 1 fully saturated rings. The number of hydrogen-bond acceptors (Lipinski definition) is 4. The van der Waals surface area contributed by atoms with Crippen LogP contribution in [0.15, 0.2) is 10.7 Å². The van der Waals surface area contributed by atoms with Crippen LogP contribution in [0, 0.1) is 28.9 Å². The molecule has 2 unspecified atom stereocenters. The van der Waals surface area contributed by atoms with E-state index in [9.17, 15) is 10.1 Å². The fourth-order valence-electron chi connectivity index (χ4n) is 3.11. The summed E-state index contributed by atoms with van der Waals surface area (Å²) in [5, 5.41) is 14.3. The summed E-state index contributed by atoms with van der Waals surface area (Å²) < 4.78 is 0.692. The van der Waals surface area contributed by atoms with E-state index in [0.29, 0.717) is 33.7 Å². The lowest BCUT2D eigenvalue weighted by atomic mass is 9.80. The fraction of sp³-hybridized carbons (Fsp3) is 0.643. The number of pyridine rings is 1. The van der Waals surface area contributed by atoms with E-state index in [1.54, 1.807) is 6.92 Å². The molecule has 2 atom stereocenters. The lowest BCUT2D eigenvalue weighted by Gasteiger charge is -2.32. The van der Waals surface area contributed by atoms with Gasteiger partial charge >= 0.3 is 0 Å². The maximum atomic E-state index is 10.9. The monoisotopic (exact) mass is 341 g/mol. The Morgan fingerprint density at radius 3 is 2.50 bits per heavy atom. The van der Waals surface area contributed by atoms with Gasteiger partial charge in [0.25, 0.3) is 5.69 Å². The highest BCUT2D eigenvalue weighted by Crippen LogP contribution is 2.34. The highest BCUT2D eigenvalue weighted by Gasteiger charge is 2.25. The molecule has 0 amide bonds. The standard InChI is InChI=1S/C14H20BrN3O2/c1-8-4-9(2)6-11(5-8)17-14-13(15)10(3)12(7-16-14)18(19)20/h7-9,11H,4-6H2,1-3H3,(H,16,17). The van der Waals surface area contributed by atoms with Crippen molar-refractivity contribution in [3.05, 3.63) is 26.3 Å². The molecular formula is C14H20BrN3O2. The molecular weight excluding hydrogens is 322 g/mol. The van der Waals surface area contributed by atoms with Crippen molar-refractivity contribution < 1.29 is 4.92 Å². The van der Waals surface area contributed by atoms with Gasteiger partial charge in [-0.05, 0) is 54.0 Å². The molecule has 1 N–H and O–H groups in total. The molecule has 1 aromatic rings. The first-order valence-electron chi connectivity index (χ1n) is 6.94. The summed E-state index contributed by atoms with van der Waals surface area (Å²) in [5.41, 5.74) is 0.664. The van der Waals surface area contributed by atoms with Crippen molar-refractivity contribution in [1.29, 1.82) is 0 Å². The summed E-state index contributed by atoms with van der Waals surface area (Å²) in [7, 11) is 0. The van der Waals surface area contributed by atoms with E-state index in [-0.39, 0.29) is 5.69 Å². The Hall–Kier alpha value is -1.17. The van der Waals surface area contributed by atoms with Crippen molar-refractivity contribution in [2.75, 3.05) is 5.32 Å². The summed E-state index contributed by atoms with van der Waals surface area (Å²) in [6.07, 6.45) is 4.84. The number of nitrogens with zero attached hydrogens (tertiary/aromatic N) is 2. The van der Waals surface area contributed by atoms with Gasteiger partial charge in [-0.15, -0.1) is 0 Å². The molecule has 0 spiro atoms. The summed E-state index contributed by atoms with van der Waals surface area (Å²) >= 11 is 3.43. The van der Waals surface area contributed by atoms with E-state index in [1.165, 1.54) is 12.6 Å². The molecule has 0 bridgehead atoms. The van der Waals surface area contributed by atoms with Crippen LogP contribution < -0.4 is 5.32 Å². The first-order chi connectivity index (χ1) is 9.38. The Morgan fingerprint density at radius 2 is 1.95 bits per heavy atom. The highest BCUT2D eigenvalue weighted by atomic mass is 79.9. The zero-order valence-electron chi connectivity index (χ0n) is 12.0. The quantitative estimate of drug-likeness (QED) is 0.657. The molecule has 2 rings (SSSR count). The van der Waals surface area contributed by atoms with Crippen LogP contribution in [0.3, 0.4) is 0 Å². The van der Waals surface area contributed by atoms with Gasteiger partial charge in [-0.3, -0.25) is 10.1 Å². The predicted octanol–water partition coefficient (Wildman–Crippen LogP) is 4.30. The van der Waals surface area contributed by atoms with Crippen molar-refractivity contribution in [2.45, 2.75) is 46.1 Å². The maximum absolute atomic E-state index is 10.9. The first kappa shape index (κ1) is 15.2. The summed E-state index contributed by atoms with van der Waals surface area (Å²) in [6.45, 7) is 6.28. The average molecular weight is 342 g/mol. The Kier molecular flexibility index (Phi) is 4.62. The third kappa shape index (κ3) is 3.29. The molecule has 1 aromatic heterocycles. The zero-order chi connectivity index (χ0) is 14.9. The number of rotatable bonds is 3. The van der Waals surface area contributed by atoms with E-state index < -0.39 is 4.92 Å². The number of nitro groups is 1. The Balaban J connectivity index is 2.18. The SMILES string of the molecule is Cc1c([N+](=O)[O-])cnc(NC2CC(C)CC(C)C2)c1Br. The zero-order valence-corrected chi connectivity index (χ0v) is 13.6. The van der Waals surface area contributed by atoms with Crippen molar-refractivity contribution in [3.63, 3.8) is 0 Å². The predicted molar refractivity (Wildman–Crippen MR) is 82.9 cm³/mol. The normalized spacial score (nSPS) is 26.3. The second-order valence-electron chi connectivity index (χ2n) is 5.95. The van der Waals surface area contributed by atoms with E-state index >= 15 is 0 Å². The topological polar surface area (TPSA) is 68.1 Å². The van der Waals surface area contributed by atoms with Gasteiger partial charge in [0.1, 0.15) is 12.0 Å². The maximum Gasteiger partial charge on any atom is 0.291 e. The van der Waals surface area contributed by atoms with Crippen LogP contribution in [0.1, 0.15) is 38.7 Å². The molecule has 0 saturated heterocycles. The van der Waals surface area contributed by atoms with Crippen LogP contribution in [0.5, 0.6) is 0 Å². The molecule has 0 aromatic carbocycles. The highest BCUT2D eigenvalue weighted by molar-refractivity contribution is 9.10. The van der Waals surface area contributed by atoms with Gasteiger partial charge in [-0.1, -0.05) is 13.8 Å². The minimum atomic E-state index is -0.401. The minimum absolute atomic E-state index is 0.0489. The van der Waals surface area contributed by atoms with Crippen LogP contribution in [0.25, 0.3) is 0 Å². The van der Waals surface area contributed by atoms with Crippen molar-refractivity contribution in [3.8, 4) is 0 Å². The third-order valence-electron chi connectivity index (χ3n) is 3.95. The van der Waals surface area contributed by atoms with E-state index in [4.69, 9.17) is 0 Å². The number of halogens is 1. The van der Waals surface area contributed by atoms with Gasteiger partial charge in [-0.2, -0.15) is 0 Å². The molecule has 1 heterocycles. The van der Waals surface area contributed by atoms with Crippen LogP contribution in [-0.2, 0) is 0 Å². The smallest absolute Gasteiger partial charge is 0.291 e. The average Bonchev–Trinajstić information content (AvgIpc) is 2.33. The third-order valence-corrected chi connectivity index (χ3v) is 4.92. The van der Waals surface area contributed by atoms with Gasteiger partial charge in [0, 0.05) is 11.6 Å². The fourth-order valence-corrected chi connectivity index (χ4v) is 3.53.